The number of aromatic carboxylic acids is 1. The highest BCUT2D eigenvalue weighted by atomic mass is 16.4. The van der Waals surface area contributed by atoms with Gasteiger partial charge in [-0.05, 0) is 43.9 Å². The first-order valence-corrected chi connectivity index (χ1v) is 7.32. The van der Waals surface area contributed by atoms with E-state index in [1.165, 1.54) is 12.7 Å². The van der Waals surface area contributed by atoms with Gasteiger partial charge in [-0.3, -0.25) is 0 Å². The van der Waals surface area contributed by atoms with Crippen molar-refractivity contribution in [1.29, 1.82) is 0 Å². The molecule has 2 heterocycles. The fourth-order valence-electron chi connectivity index (χ4n) is 3.04. The molecule has 110 valence electrons. The second kappa shape index (κ2) is 5.31. The number of piperidine rings is 1. The summed E-state index contributed by atoms with van der Waals surface area (Å²) in [6, 6.07) is 5.48. The van der Waals surface area contributed by atoms with Crippen LogP contribution < -0.4 is 4.90 Å². The van der Waals surface area contributed by atoms with E-state index in [4.69, 9.17) is 5.11 Å². The van der Waals surface area contributed by atoms with Gasteiger partial charge in [0, 0.05) is 18.0 Å². The first kappa shape index (κ1) is 13.8. The molecule has 0 radical (unpaired) electrons. The lowest BCUT2D eigenvalue weighted by molar-refractivity contribution is 0.0697. The molecule has 0 spiro atoms. The Balaban J connectivity index is 2.08. The fourth-order valence-corrected chi connectivity index (χ4v) is 3.04. The SMILES string of the molecule is CC1CCCN(c2ncnc3cc(C(=O)O)ccc23)C1C. The summed E-state index contributed by atoms with van der Waals surface area (Å²) in [6.07, 6.45) is 3.92. The zero-order chi connectivity index (χ0) is 15.0. The normalized spacial score (nSPS) is 22.5. The van der Waals surface area contributed by atoms with E-state index in [9.17, 15) is 4.79 Å². The van der Waals surface area contributed by atoms with Crippen molar-refractivity contribution in [2.75, 3.05) is 11.4 Å². The van der Waals surface area contributed by atoms with E-state index < -0.39 is 5.97 Å². The zero-order valence-electron chi connectivity index (χ0n) is 12.3. The number of nitrogens with zero attached hydrogens (tertiary/aromatic N) is 3. The average molecular weight is 285 g/mol. The molecule has 3 rings (SSSR count). The van der Waals surface area contributed by atoms with Crippen molar-refractivity contribution < 1.29 is 9.90 Å². The van der Waals surface area contributed by atoms with Crippen LogP contribution in [0.15, 0.2) is 24.5 Å². The number of fused-ring (bicyclic) bond motifs is 1. The van der Waals surface area contributed by atoms with Crippen LogP contribution in [0, 0.1) is 5.92 Å². The van der Waals surface area contributed by atoms with Gasteiger partial charge in [0.25, 0.3) is 0 Å². The van der Waals surface area contributed by atoms with Crippen molar-refractivity contribution in [3.05, 3.63) is 30.1 Å². The molecule has 5 heteroatoms. The third-order valence-corrected chi connectivity index (χ3v) is 4.51. The molecular formula is C16H19N3O2. The lowest BCUT2D eigenvalue weighted by Crippen LogP contribution is -2.43. The molecular weight excluding hydrogens is 266 g/mol. The van der Waals surface area contributed by atoms with Crippen LogP contribution in [0.25, 0.3) is 10.9 Å². The minimum atomic E-state index is -0.933. The monoisotopic (exact) mass is 285 g/mol. The summed E-state index contributed by atoms with van der Waals surface area (Å²) >= 11 is 0. The van der Waals surface area contributed by atoms with Gasteiger partial charge >= 0.3 is 5.97 Å². The first-order valence-electron chi connectivity index (χ1n) is 7.32. The lowest BCUT2D eigenvalue weighted by Gasteiger charge is -2.39. The van der Waals surface area contributed by atoms with Crippen LogP contribution in [0.4, 0.5) is 5.82 Å². The Kier molecular flexibility index (Phi) is 3.49. The second-order valence-electron chi connectivity index (χ2n) is 5.79. The molecule has 0 bridgehead atoms. The number of aromatic nitrogens is 2. The van der Waals surface area contributed by atoms with Crippen LogP contribution in [0.3, 0.4) is 0 Å². The van der Waals surface area contributed by atoms with E-state index in [1.807, 2.05) is 6.07 Å². The van der Waals surface area contributed by atoms with E-state index in [0.29, 0.717) is 17.5 Å². The molecule has 1 aromatic heterocycles. The minimum Gasteiger partial charge on any atom is -0.478 e. The fraction of sp³-hybridized carbons (Fsp3) is 0.438. The number of rotatable bonds is 2. The number of carbonyl (C=O) groups is 1. The Labute approximate surface area is 123 Å². The highest BCUT2D eigenvalue weighted by molar-refractivity contribution is 5.96. The number of benzene rings is 1. The maximum Gasteiger partial charge on any atom is 0.335 e. The summed E-state index contributed by atoms with van der Waals surface area (Å²) in [5.74, 6) is 0.607. The summed E-state index contributed by atoms with van der Waals surface area (Å²) in [5, 5.41) is 10.0. The predicted octanol–water partition coefficient (Wildman–Crippen LogP) is 2.95. The molecule has 0 aliphatic carbocycles. The molecule has 21 heavy (non-hydrogen) atoms. The third-order valence-electron chi connectivity index (χ3n) is 4.51. The van der Waals surface area contributed by atoms with Crippen LogP contribution in [0.2, 0.25) is 0 Å². The van der Waals surface area contributed by atoms with Crippen LogP contribution in [0.1, 0.15) is 37.0 Å². The number of anilines is 1. The molecule has 1 aliphatic heterocycles. The molecule has 5 nitrogen and oxygen atoms in total. The van der Waals surface area contributed by atoms with E-state index >= 15 is 0 Å². The predicted molar refractivity (Wildman–Crippen MR) is 81.7 cm³/mol. The van der Waals surface area contributed by atoms with E-state index in [2.05, 4.69) is 28.7 Å². The van der Waals surface area contributed by atoms with Crippen LogP contribution in [-0.2, 0) is 0 Å². The van der Waals surface area contributed by atoms with E-state index in [1.54, 1.807) is 12.1 Å². The number of carboxylic acid groups (broad SMARTS) is 1. The molecule has 1 aromatic carbocycles. The van der Waals surface area contributed by atoms with Gasteiger partial charge in [0.15, 0.2) is 0 Å². The Morgan fingerprint density at radius 2 is 2.14 bits per heavy atom. The largest absolute Gasteiger partial charge is 0.478 e. The summed E-state index contributed by atoms with van der Waals surface area (Å²) in [6.45, 7) is 5.48. The standard InChI is InChI=1S/C16H19N3O2/c1-10-4-3-7-19(11(10)2)15-13-6-5-12(16(20)21)8-14(13)17-9-18-15/h5-6,8-11H,3-4,7H2,1-2H3,(H,20,21). The first-order chi connectivity index (χ1) is 10.1. The van der Waals surface area contributed by atoms with Crippen molar-refractivity contribution in [2.24, 2.45) is 5.92 Å². The molecule has 1 N–H and O–H groups in total. The summed E-state index contributed by atoms with van der Waals surface area (Å²) < 4.78 is 0. The van der Waals surface area contributed by atoms with Crippen molar-refractivity contribution in [3.63, 3.8) is 0 Å². The Morgan fingerprint density at radius 3 is 2.90 bits per heavy atom. The van der Waals surface area contributed by atoms with Crippen molar-refractivity contribution in [1.82, 2.24) is 9.97 Å². The topological polar surface area (TPSA) is 66.3 Å². The lowest BCUT2D eigenvalue weighted by atomic mass is 9.92. The quantitative estimate of drug-likeness (QED) is 0.919. The summed E-state index contributed by atoms with van der Waals surface area (Å²) in [4.78, 5) is 22.1. The van der Waals surface area contributed by atoms with Crippen molar-refractivity contribution in [3.8, 4) is 0 Å². The van der Waals surface area contributed by atoms with Gasteiger partial charge in [-0.15, -0.1) is 0 Å². The van der Waals surface area contributed by atoms with E-state index in [-0.39, 0.29) is 5.56 Å². The average Bonchev–Trinajstić information content (AvgIpc) is 2.49. The van der Waals surface area contributed by atoms with Gasteiger partial charge in [-0.2, -0.15) is 0 Å². The summed E-state index contributed by atoms with van der Waals surface area (Å²) in [7, 11) is 0. The van der Waals surface area contributed by atoms with Gasteiger partial charge in [0.2, 0.25) is 0 Å². The number of carboxylic acids is 1. The van der Waals surface area contributed by atoms with Crippen molar-refractivity contribution >= 4 is 22.7 Å². The van der Waals surface area contributed by atoms with Gasteiger partial charge in [-0.25, -0.2) is 14.8 Å². The van der Waals surface area contributed by atoms with Gasteiger partial charge in [0.05, 0.1) is 11.1 Å². The number of hydrogen-bond donors (Lipinski definition) is 1. The maximum atomic E-state index is 11.1. The molecule has 0 saturated carbocycles. The van der Waals surface area contributed by atoms with Crippen LogP contribution in [-0.4, -0.2) is 33.6 Å². The molecule has 1 aliphatic rings. The molecule has 2 unspecified atom stereocenters. The van der Waals surface area contributed by atoms with E-state index in [0.717, 1.165) is 24.2 Å². The maximum absolute atomic E-state index is 11.1. The Hall–Kier alpha value is -2.17. The molecule has 1 fully saturated rings. The molecule has 2 atom stereocenters. The van der Waals surface area contributed by atoms with Crippen LogP contribution in [0.5, 0.6) is 0 Å². The third kappa shape index (κ3) is 2.44. The molecule has 0 amide bonds. The van der Waals surface area contributed by atoms with Gasteiger partial charge < -0.3 is 10.0 Å². The minimum absolute atomic E-state index is 0.257. The summed E-state index contributed by atoms with van der Waals surface area (Å²) in [5.41, 5.74) is 0.942. The van der Waals surface area contributed by atoms with Crippen LogP contribution >= 0.6 is 0 Å². The highest BCUT2D eigenvalue weighted by Gasteiger charge is 2.26. The second-order valence-corrected chi connectivity index (χ2v) is 5.79. The Morgan fingerprint density at radius 1 is 1.33 bits per heavy atom. The highest BCUT2D eigenvalue weighted by Crippen LogP contribution is 2.31. The zero-order valence-corrected chi connectivity index (χ0v) is 12.3. The molecule has 2 aromatic rings. The number of hydrogen-bond acceptors (Lipinski definition) is 4. The van der Waals surface area contributed by atoms with Gasteiger partial charge in [0.1, 0.15) is 12.1 Å². The molecule has 1 saturated heterocycles. The van der Waals surface area contributed by atoms with Gasteiger partial charge in [-0.1, -0.05) is 6.92 Å². The smallest absolute Gasteiger partial charge is 0.335 e. The van der Waals surface area contributed by atoms with Crippen molar-refractivity contribution in [2.45, 2.75) is 32.7 Å². The Bertz CT molecular complexity index is 686.